The summed E-state index contributed by atoms with van der Waals surface area (Å²) in [6.07, 6.45) is 0.658. The molecule has 0 saturated carbocycles. The van der Waals surface area contributed by atoms with Crippen LogP contribution >= 0.6 is 0 Å². The van der Waals surface area contributed by atoms with Crippen LogP contribution < -0.4 is 5.32 Å². The molecule has 0 bridgehead atoms. The quantitative estimate of drug-likeness (QED) is 0.543. The van der Waals surface area contributed by atoms with Gasteiger partial charge in [0.05, 0.1) is 23.2 Å². The van der Waals surface area contributed by atoms with Crippen molar-refractivity contribution in [1.29, 1.82) is 0 Å². The van der Waals surface area contributed by atoms with Crippen molar-refractivity contribution in [3.63, 3.8) is 0 Å². The zero-order valence-electron chi connectivity index (χ0n) is 10.8. The van der Waals surface area contributed by atoms with Gasteiger partial charge >= 0.3 is 5.97 Å². The second-order valence-electron chi connectivity index (χ2n) is 4.04. The van der Waals surface area contributed by atoms with E-state index in [1.165, 1.54) is 0 Å². The zero-order chi connectivity index (χ0) is 13.7. The number of esters is 1. The molecule has 6 heteroatoms. The number of hydrogen-bond donors (Lipinski definition) is 3. The normalized spacial score (nSPS) is 10.6. The molecule has 102 valence electrons. The maximum absolute atomic E-state index is 11.6. The summed E-state index contributed by atoms with van der Waals surface area (Å²) in [6.45, 7) is 2.91. The van der Waals surface area contributed by atoms with Crippen LogP contribution in [0.5, 0.6) is 0 Å². The largest absolute Gasteiger partial charge is 0.462 e. The fourth-order valence-electron chi connectivity index (χ4n) is 1.72. The Morgan fingerprint density at radius 2 is 2.37 bits per heavy atom. The van der Waals surface area contributed by atoms with E-state index in [1.807, 2.05) is 0 Å². The first-order chi connectivity index (χ1) is 9.24. The molecule has 2 aromatic rings. The topological polar surface area (TPSA) is 87.2 Å². The van der Waals surface area contributed by atoms with E-state index >= 15 is 0 Å². The van der Waals surface area contributed by atoms with Gasteiger partial charge in [0.15, 0.2) is 0 Å². The van der Waals surface area contributed by atoms with Gasteiger partial charge in [-0.2, -0.15) is 0 Å². The van der Waals surface area contributed by atoms with E-state index in [9.17, 15) is 4.79 Å². The molecular weight excluding hydrogens is 246 g/mol. The molecule has 0 saturated heterocycles. The fourth-order valence-corrected chi connectivity index (χ4v) is 1.72. The lowest BCUT2D eigenvalue weighted by Gasteiger charge is -2.00. The molecule has 0 radical (unpaired) electrons. The summed E-state index contributed by atoms with van der Waals surface area (Å²) in [5, 5.41) is 11.8. The number of anilines is 1. The average Bonchev–Trinajstić information content (AvgIpc) is 2.81. The molecule has 1 aromatic heterocycles. The Balaban J connectivity index is 2.16. The van der Waals surface area contributed by atoms with E-state index in [-0.39, 0.29) is 12.6 Å². The number of ether oxygens (including phenoxy) is 1. The SMILES string of the molecule is CCOC(=O)c1ccc2nc(NCCCO)[nH]c2c1. The van der Waals surface area contributed by atoms with Crippen molar-refractivity contribution in [1.82, 2.24) is 9.97 Å². The Kier molecular flexibility index (Phi) is 4.35. The van der Waals surface area contributed by atoms with Crippen molar-refractivity contribution in [2.24, 2.45) is 0 Å². The third kappa shape index (κ3) is 3.23. The number of hydrogen-bond acceptors (Lipinski definition) is 5. The van der Waals surface area contributed by atoms with Gasteiger partial charge in [-0.05, 0) is 31.5 Å². The van der Waals surface area contributed by atoms with Gasteiger partial charge < -0.3 is 20.1 Å². The number of fused-ring (bicyclic) bond motifs is 1. The first kappa shape index (κ1) is 13.4. The number of benzene rings is 1. The minimum atomic E-state index is -0.339. The maximum atomic E-state index is 11.6. The molecule has 3 N–H and O–H groups in total. The highest BCUT2D eigenvalue weighted by atomic mass is 16.5. The summed E-state index contributed by atoms with van der Waals surface area (Å²) in [5.74, 6) is 0.290. The molecule has 0 unspecified atom stereocenters. The van der Waals surface area contributed by atoms with E-state index in [4.69, 9.17) is 9.84 Å². The number of carbonyl (C=O) groups excluding carboxylic acids is 1. The van der Waals surface area contributed by atoms with Crippen LogP contribution in [0.4, 0.5) is 5.95 Å². The number of aliphatic hydroxyl groups excluding tert-OH is 1. The maximum Gasteiger partial charge on any atom is 0.338 e. The summed E-state index contributed by atoms with van der Waals surface area (Å²) in [4.78, 5) is 19.0. The van der Waals surface area contributed by atoms with Crippen LogP contribution in [0.2, 0.25) is 0 Å². The van der Waals surface area contributed by atoms with E-state index in [0.29, 0.717) is 31.1 Å². The van der Waals surface area contributed by atoms with E-state index in [1.54, 1.807) is 25.1 Å². The van der Waals surface area contributed by atoms with E-state index < -0.39 is 0 Å². The Hall–Kier alpha value is -2.08. The van der Waals surface area contributed by atoms with Gasteiger partial charge in [0.2, 0.25) is 5.95 Å². The van der Waals surface area contributed by atoms with Gasteiger partial charge in [-0.1, -0.05) is 0 Å². The number of H-pyrrole nitrogens is 1. The van der Waals surface area contributed by atoms with Crippen molar-refractivity contribution in [2.45, 2.75) is 13.3 Å². The molecule has 1 aromatic carbocycles. The average molecular weight is 263 g/mol. The second-order valence-corrected chi connectivity index (χ2v) is 4.04. The Morgan fingerprint density at radius 1 is 1.53 bits per heavy atom. The monoisotopic (exact) mass is 263 g/mol. The van der Waals surface area contributed by atoms with Gasteiger partial charge in [0.1, 0.15) is 0 Å². The van der Waals surface area contributed by atoms with Crippen molar-refractivity contribution in [2.75, 3.05) is 25.1 Å². The van der Waals surface area contributed by atoms with Crippen LogP contribution in [-0.2, 0) is 4.74 Å². The van der Waals surface area contributed by atoms with Gasteiger partial charge in [-0.15, -0.1) is 0 Å². The molecule has 0 amide bonds. The predicted molar refractivity (Wildman–Crippen MR) is 72.2 cm³/mol. The Labute approximate surface area is 110 Å². The van der Waals surface area contributed by atoms with Crippen molar-refractivity contribution < 1.29 is 14.6 Å². The molecular formula is C13H17N3O3. The minimum Gasteiger partial charge on any atom is -0.462 e. The Morgan fingerprint density at radius 3 is 3.11 bits per heavy atom. The van der Waals surface area contributed by atoms with Gasteiger partial charge in [0.25, 0.3) is 0 Å². The lowest BCUT2D eigenvalue weighted by atomic mass is 10.2. The zero-order valence-corrected chi connectivity index (χ0v) is 10.8. The van der Waals surface area contributed by atoms with Crippen LogP contribution in [0, 0.1) is 0 Å². The van der Waals surface area contributed by atoms with Crippen molar-refractivity contribution in [3.8, 4) is 0 Å². The predicted octanol–water partition coefficient (Wildman–Crippen LogP) is 1.53. The number of aliphatic hydroxyl groups is 1. The highest BCUT2D eigenvalue weighted by Crippen LogP contribution is 2.16. The van der Waals surface area contributed by atoms with E-state index in [0.717, 1.165) is 11.0 Å². The minimum absolute atomic E-state index is 0.139. The molecule has 0 aliphatic carbocycles. The number of nitrogens with one attached hydrogen (secondary N) is 2. The third-order valence-corrected chi connectivity index (χ3v) is 2.62. The van der Waals surface area contributed by atoms with Crippen molar-refractivity contribution in [3.05, 3.63) is 23.8 Å². The summed E-state index contributed by atoms with van der Waals surface area (Å²) < 4.78 is 4.95. The van der Waals surface area contributed by atoms with Crippen LogP contribution in [-0.4, -0.2) is 40.8 Å². The molecule has 1 heterocycles. The number of aromatic nitrogens is 2. The van der Waals surface area contributed by atoms with Gasteiger partial charge in [-0.3, -0.25) is 0 Å². The smallest absolute Gasteiger partial charge is 0.338 e. The van der Waals surface area contributed by atoms with Crippen molar-refractivity contribution >= 4 is 23.0 Å². The molecule has 6 nitrogen and oxygen atoms in total. The molecule has 0 aliphatic heterocycles. The lowest BCUT2D eigenvalue weighted by Crippen LogP contribution is -2.04. The molecule has 0 fully saturated rings. The molecule has 2 rings (SSSR count). The summed E-state index contributed by atoms with van der Waals surface area (Å²) >= 11 is 0. The molecule has 0 spiro atoms. The van der Waals surface area contributed by atoms with Gasteiger partial charge in [-0.25, -0.2) is 9.78 Å². The second kappa shape index (κ2) is 6.19. The molecule has 0 atom stereocenters. The summed E-state index contributed by atoms with van der Waals surface area (Å²) in [6, 6.07) is 5.19. The molecule has 19 heavy (non-hydrogen) atoms. The Bertz CT molecular complexity index is 565. The standard InChI is InChI=1S/C13H17N3O3/c1-2-19-12(18)9-4-5-10-11(8-9)16-13(15-10)14-6-3-7-17/h4-5,8,17H,2-3,6-7H2,1H3,(H2,14,15,16). The third-order valence-electron chi connectivity index (χ3n) is 2.62. The van der Waals surface area contributed by atoms with Crippen LogP contribution in [0.3, 0.4) is 0 Å². The number of aromatic amines is 1. The summed E-state index contributed by atoms with van der Waals surface area (Å²) in [7, 11) is 0. The lowest BCUT2D eigenvalue weighted by molar-refractivity contribution is 0.0526. The van der Waals surface area contributed by atoms with Crippen LogP contribution in [0.25, 0.3) is 11.0 Å². The van der Waals surface area contributed by atoms with Crippen LogP contribution in [0.15, 0.2) is 18.2 Å². The first-order valence-corrected chi connectivity index (χ1v) is 6.26. The number of rotatable bonds is 6. The number of nitrogens with zero attached hydrogens (tertiary/aromatic N) is 1. The molecule has 0 aliphatic rings. The van der Waals surface area contributed by atoms with Gasteiger partial charge in [0, 0.05) is 13.2 Å². The fraction of sp³-hybridized carbons (Fsp3) is 0.385. The number of imidazole rings is 1. The first-order valence-electron chi connectivity index (χ1n) is 6.26. The number of carbonyl (C=O) groups is 1. The highest BCUT2D eigenvalue weighted by Gasteiger charge is 2.09. The van der Waals surface area contributed by atoms with E-state index in [2.05, 4.69) is 15.3 Å². The van der Waals surface area contributed by atoms with Crippen LogP contribution in [0.1, 0.15) is 23.7 Å². The highest BCUT2D eigenvalue weighted by molar-refractivity contribution is 5.93. The summed E-state index contributed by atoms with van der Waals surface area (Å²) in [5.41, 5.74) is 2.05.